The molecule has 0 aliphatic heterocycles. The zero-order valence-electron chi connectivity index (χ0n) is 20.1. The third-order valence-corrected chi connectivity index (χ3v) is 10.8. The van der Waals surface area contributed by atoms with E-state index >= 15 is 0 Å². The summed E-state index contributed by atoms with van der Waals surface area (Å²) in [4.78, 5) is 37.7. The van der Waals surface area contributed by atoms with Crippen LogP contribution < -0.4 is 0 Å². The summed E-state index contributed by atoms with van der Waals surface area (Å²) in [6.45, 7) is 5.80. The summed E-state index contributed by atoms with van der Waals surface area (Å²) in [5.74, 6) is -2.10. The Bertz CT molecular complexity index is 1140. The first-order chi connectivity index (χ1) is 16.5. The van der Waals surface area contributed by atoms with E-state index in [1.54, 1.807) is 12.1 Å². The van der Waals surface area contributed by atoms with Gasteiger partial charge in [-0.3, -0.25) is 9.59 Å². The lowest BCUT2D eigenvalue weighted by atomic mass is 9.46. The maximum atomic E-state index is 13.6. The number of hydrogen-bond donors (Lipinski definition) is 1. The number of alkyl halides is 2. The molecule has 35 heavy (non-hydrogen) atoms. The van der Waals surface area contributed by atoms with Gasteiger partial charge in [0, 0.05) is 23.2 Å². The van der Waals surface area contributed by atoms with E-state index in [4.69, 9.17) is 32.4 Å². The van der Waals surface area contributed by atoms with Crippen molar-refractivity contribution in [2.24, 2.45) is 28.6 Å². The molecule has 8 atom stereocenters. The average molecular weight is 521 g/mol. The van der Waals surface area contributed by atoms with E-state index in [1.165, 1.54) is 12.3 Å². The van der Waals surface area contributed by atoms with E-state index in [1.807, 2.05) is 26.8 Å². The van der Waals surface area contributed by atoms with E-state index in [-0.39, 0.29) is 53.8 Å². The van der Waals surface area contributed by atoms with Crippen LogP contribution in [0.1, 0.15) is 57.0 Å². The highest BCUT2D eigenvalue weighted by Crippen LogP contribution is 2.71. The predicted molar refractivity (Wildman–Crippen MR) is 130 cm³/mol. The molecule has 5 unspecified atom stereocenters. The minimum atomic E-state index is -1.54. The van der Waals surface area contributed by atoms with Crippen LogP contribution in [0, 0.1) is 28.6 Å². The van der Waals surface area contributed by atoms with E-state index in [9.17, 15) is 19.5 Å². The number of rotatable bonds is 4. The van der Waals surface area contributed by atoms with Crippen molar-refractivity contribution >= 4 is 40.7 Å². The summed E-state index contributed by atoms with van der Waals surface area (Å²) in [5, 5.41) is 11.8. The largest absolute Gasteiger partial charge is 0.457 e. The van der Waals surface area contributed by atoms with Crippen molar-refractivity contribution in [2.75, 3.05) is 5.88 Å². The topological polar surface area (TPSA) is 93.8 Å². The highest BCUT2D eigenvalue weighted by molar-refractivity contribution is 6.29. The Morgan fingerprint density at radius 3 is 2.69 bits per heavy atom. The van der Waals surface area contributed by atoms with Gasteiger partial charge in [-0.1, -0.05) is 38.5 Å². The molecule has 0 radical (unpaired) electrons. The van der Waals surface area contributed by atoms with Gasteiger partial charge in [-0.2, -0.15) is 0 Å². The summed E-state index contributed by atoms with van der Waals surface area (Å²) in [6.07, 6.45) is 7.42. The molecule has 1 heterocycles. The van der Waals surface area contributed by atoms with Crippen molar-refractivity contribution in [3.8, 4) is 0 Å². The lowest BCUT2D eigenvalue weighted by Crippen LogP contribution is -2.69. The van der Waals surface area contributed by atoms with Crippen LogP contribution in [-0.2, 0) is 14.3 Å². The minimum Gasteiger partial charge on any atom is -0.457 e. The van der Waals surface area contributed by atoms with E-state index < -0.39 is 33.4 Å². The van der Waals surface area contributed by atoms with E-state index in [2.05, 4.69) is 6.08 Å². The van der Waals surface area contributed by atoms with Gasteiger partial charge in [0.15, 0.2) is 17.2 Å². The van der Waals surface area contributed by atoms with Gasteiger partial charge in [-0.25, -0.2) is 4.79 Å². The minimum absolute atomic E-state index is 0.00353. The van der Waals surface area contributed by atoms with Crippen molar-refractivity contribution < 1.29 is 28.6 Å². The number of halogens is 2. The van der Waals surface area contributed by atoms with Gasteiger partial charge in [0.25, 0.3) is 0 Å². The molecule has 8 heteroatoms. The highest BCUT2D eigenvalue weighted by Gasteiger charge is 2.76. The van der Waals surface area contributed by atoms with Gasteiger partial charge in [0.1, 0.15) is 0 Å². The number of allylic oxidation sites excluding steroid dienone is 4. The molecule has 1 aromatic rings. The molecule has 6 nitrogen and oxygen atoms in total. The number of ether oxygens (including phenoxy) is 1. The summed E-state index contributed by atoms with van der Waals surface area (Å²) in [7, 11) is 0. The second kappa shape index (κ2) is 8.06. The summed E-state index contributed by atoms with van der Waals surface area (Å²) < 4.78 is 11.3. The highest BCUT2D eigenvalue weighted by atomic mass is 35.5. The molecule has 188 valence electrons. The van der Waals surface area contributed by atoms with Crippen LogP contribution >= 0.6 is 23.2 Å². The van der Waals surface area contributed by atoms with E-state index in [0.29, 0.717) is 12.8 Å². The lowest BCUT2D eigenvalue weighted by molar-refractivity contribution is -0.175. The molecule has 4 aliphatic rings. The SMILES string of the molecule is C[C@@H]1CC2C3CC=C4CC(=O)C=CC4(C)[C@@]3(Cl)C(O)CC2(C)[C@@]1(OC(=O)c1ccco1)C(=O)CCl. The number of aliphatic hydroxyl groups is 1. The van der Waals surface area contributed by atoms with Gasteiger partial charge in [0.2, 0.25) is 5.76 Å². The molecule has 0 spiro atoms. The molecular weight excluding hydrogens is 491 g/mol. The third-order valence-electron chi connectivity index (χ3n) is 9.66. The van der Waals surface area contributed by atoms with Gasteiger partial charge in [-0.05, 0) is 49.3 Å². The zero-order chi connectivity index (χ0) is 25.4. The maximum absolute atomic E-state index is 13.6. The fraction of sp³-hybridized carbons (Fsp3) is 0.593. The van der Waals surface area contributed by atoms with Crippen molar-refractivity contribution in [1.82, 2.24) is 0 Å². The molecule has 0 amide bonds. The average Bonchev–Trinajstić information content (AvgIpc) is 3.42. The monoisotopic (exact) mass is 520 g/mol. The van der Waals surface area contributed by atoms with Gasteiger partial charge in [0.05, 0.1) is 23.1 Å². The second-order valence-corrected chi connectivity index (χ2v) is 12.0. The molecule has 2 saturated carbocycles. The number of aliphatic hydroxyl groups excluding tert-OH is 1. The van der Waals surface area contributed by atoms with Crippen molar-refractivity contribution in [2.45, 2.75) is 63.0 Å². The number of hydrogen-bond acceptors (Lipinski definition) is 6. The summed E-state index contributed by atoms with van der Waals surface area (Å²) in [6, 6.07) is 3.07. The molecular formula is C27H30Cl2O6. The number of carbonyl (C=O) groups excluding carboxylic acids is 3. The van der Waals surface area contributed by atoms with Crippen LogP contribution in [0.2, 0.25) is 0 Å². The number of fused-ring (bicyclic) bond motifs is 5. The first-order valence-corrected chi connectivity index (χ1v) is 13.0. The predicted octanol–water partition coefficient (Wildman–Crippen LogP) is 4.87. The smallest absolute Gasteiger partial charge is 0.375 e. The van der Waals surface area contributed by atoms with Crippen LogP contribution in [0.3, 0.4) is 0 Å². The fourth-order valence-corrected chi connectivity index (χ4v) is 8.70. The van der Waals surface area contributed by atoms with Crippen LogP contribution in [-0.4, -0.2) is 45.1 Å². The van der Waals surface area contributed by atoms with Crippen molar-refractivity contribution in [3.63, 3.8) is 0 Å². The Balaban J connectivity index is 1.62. The Labute approximate surface area is 214 Å². The quantitative estimate of drug-likeness (QED) is 0.345. The second-order valence-electron chi connectivity index (χ2n) is 11.1. The van der Waals surface area contributed by atoms with Crippen molar-refractivity contribution in [3.05, 3.63) is 48.0 Å². The molecule has 0 bridgehead atoms. The van der Waals surface area contributed by atoms with Gasteiger partial charge < -0.3 is 14.3 Å². The van der Waals surface area contributed by atoms with E-state index in [0.717, 1.165) is 5.57 Å². The lowest BCUT2D eigenvalue weighted by Gasteiger charge is -2.63. The molecule has 0 saturated heterocycles. The van der Waals surface area contributed by atoms with Crippen LogP contribution in [0.15, 0.2) is 46.6 Å². The van der Waals surface area contributed by atoms with Crippen LogP contribution in [0.5, 0.6) is 0 Å². The zero-order valence-corrected chi connectivity index (χ0v) is 21.6. The van der Waals surface area contributed by atoms with Crippen molar-refractivity contribution in [1.29, 1.82) is 0 Å². The number of esters is 1. The van der Waals surface area contributed by atoms with Gasteiger partial charge in [-0.15, -0.1) is 23.2 Å². The normalized spacial score (nSPS) is 44.2. The van der Waals surface area contributed by atoms with Crippen LogP contribution in [0.4, 0.5) is 0 Å². The Kier molecular flexibility index (Phi) is 5.71. The molecule has 4 aliphatic carbocycles. The molecule has 2 fully saturated rings. The third kappa shape index (κ3) is 3.02. The van der Waals surface area contributed by atoms with Gasteiger partial charge >= 0.3 is 5.97 Å². The number of furan rings is 1. The standard InChI is InChI=1S/C27H30Cl2O6/c1-15-11-19-18-7-6-16-12-17(30)8-9-24(16,2)26(18,29)21(31)13-25(19,3)27(15,22(32)14-28)35-23(33)20-5-4-10-34-20/h4-6,8-10,15,18-19,21,31H,7,11-14H2,1-3H3/t15-,18?,19?,21?,24?,25?,26+,27+/m1/s1. The molecule has 0 aromatic carbocycles. The first-order valence-electron chi connectivity index (χ1n) is 12.1. The first kappa shape index (κ1) is 24.8. The number of carbonyl (C=O) groups is 3. The maximum Gasteiger partial charge on any atom is 0.375 e. The Hall–Kier alpha value is -1.89. The summed E-state index contributed by atoms with van der Waals surface area (Å²) in [5.41, 5.74) is -2.22. The number of Topliss-reactive ketones (excluding diaryl/α,β-unsaturated/α-hetero) is 1. The molecule has 1 N–H and O–H groups in total. The number of ketones is 2. The fourth-order valence-electron chi connectivity index (χ4n) is 8.00. The van der Waals surface area contributed by atoms with Crippen LogP contribution in [0.25, 0.3) is 0 Å². The molecule has 1 aromatic heterocycles. The summed E-state index contributed by atoms with van der Waals surface area (Å²) >= 11 is 13.6. The Morgan fingerprint density at radius 1 is 1.29 bits per heavy atom. The molecule has 5 rings (SSSR count). The Morgan fingerprint density at radius 2 is 2.03 bits per heavy atom.